The molecular formula is C29H26F4N4O3. The number of halogens is 4. The van der Waals surface area contributed by atoms with E-state index in [0.29, 0.717) is 5.56 Å². The average Bonchev–Trinajstić information content (AvgIpc) is 3.27. The number of nitriles is 1. The molecule has 0 bridgehead atoms. The Morgan fingerprint density at radius 3 is 2.45 bits per heavy atom. The number of nitrogens with zero attached hydrogens (tertiary/aromatic N) is 2. The summed E-state index contributed by atoms with van der Waals surface area (Å²) >= 11 is 0. The molecule has 0 aliphatic heterocycles. The number of carbonyl (C=O) groups is 2. The normalized spacial score (nSPS) is 11.8. The molecule has 0 aliphatic rings. The lowest BCUT2D eigenvalue weighted by atomic mass is 9.96. The van der Waals surface area contributed by atoms with E-state index in [4.69, 9.17) is 4.42 Å². The summed E-state index contributed by atoms with van der Waals surface area (Å²) in [6.45, 7) is 9.96. The zero-order chi connectivity index (χ0) is 29.8. The molecule has 1 aromatic carbocycles. The number of amides is 2. The minimum absolute atomic E-state index is 0.00240. The molecule has 0 fully saturated rings. The van der Waals surface area contributed by atoms with Crippen molar-refractivity contribution in [2.24, 2.45) is 0 Å². The van der Waals surface area contributed by atoms with Crippen LogP contribution >= 0.6 is 0 Å². The number of aromatic nitrogens is 1. The largest absolute Gasteiger partial charge is 0.437 e. The van der Waals surface area contributed by atoms with E-state index in [0.717, 1.165) is 6.08 Å². The number of allylic oxidation sites excluding steroid dienone is 4. The molecule has 3 aromatic rings. The van der Waals surface area contributed by atoms with Crippen LogP contribution in [0, 0.1) is 11.3 Å². The van der Waals surface area contributed by atoms with Crippen molar-refractivity contribution in [3.8, 4) is 17.2 Å². The number of benzene rings is 1. The Balaban J connectivity index is 2.25. The molecular weight excluding hydrogens is 528 g/mol. The van der Waals surface area contributed by atoms with Crippen molar-refractivity contribution in [2.45, 2.75) is 38.4 Å². The number of furan rings is 1. The van der Waals surface area contributed by atoms with Crippen molar-refractivity contribution >= 4 is 28.5 Å². The van der Waals surface area contributed by atoms with Crippen LogP contribution in [0.25, 0.3) is 27.8 Å². The molecule has 7 nitrogen and oxygen atoms in total. The van der Waals surface area contributed by atoms with Crippen LogP contribution in [0.4, 0.5) is 17.6 Å². The first-order valence-corrected chi connectivity index (χ1v) is 12.0. The fourth-order valence-corrected chi connectivity index (χ4v) is 3.82. The first-order valence-electron chi connectivity index (χ1n) is 12.0. The van der Waals surface area contributed by atoms with Gasteiger partial charge in [-0.3, -0.25) is 9.59 Å². The van der Waals surface area contributed by atoms with Gasteiger partial charge in [0.05, 0.1) is 22.7 Å². The maximum Gasteiger partial charge on any atom is 0.389 e. The Bertz CT molecular complexity index is 1580. The number of pyridine rings is 1. The molecule has 11 heteroatoms. The molecule has 2 aromatic heterocycles. The highest BCUT2D eigenvalue weighted by Crippen LogP contribution is 2.36. The van der Waals surface area contributed by atoms with Crippen molar-refractivity contribution in [1.82, 2.24) is 15.6 Å². The van der Waals surface area contributed by atoms with E-state index in [1.54, 1.807) is 6.07 Å². The van der Waals surface area contributed by atoms with Crippen LogP contribution in [0.2, 0.25) is 0 Å². The molecule has 40 heavy (non-hydrogen) atoms. The van der Waals surface area contributed by atoms with Crippen LogP contribution in [0.3, 0.4) is 0 Å². The predicted octanol–water partition coefficient (Wildman–Crippen LogP) is 6.43. The third-order valence-electron chi connectivity index (χ3n) is 5.76. The summed E-state index contributed by atoms with van der Waals surface area (Å²) in [4.78, 5) is 30.0. The number of aryl methyl sites for hydroxylation is 1. The summed E-state index contributed by atoms with van der Waals surface area (Å²) in [5, 5.41) is 14.5. The van der Waals surface area contributed by atoms with Crippen LogP contribution in [0.5, 0.6) is 0 Å². The Morgan fingerprint density at radius 1 is 1.15 bits per heavy atom. The molecule has 0 radical (unpaired) electrons. The average molecular weight is 555 g/mol. The van der Waals surface area contributed by atoms with E-state index in [-0.39, 0.29) is 44.8 Å². The monoisotopic (exact) mass is 554 g/mol. The van der Waals surface area contributed by atoms with Crippen molar-refractivity contribution in [2.75, 3.05) is 7.05 Å². The van der Waals surface area contributed by atoms with Gasteiger partial charge in [-0.1, -0.05) is 25.3 Å². The summed E-state index contributed by atoms with van der Waals surface area (Å²) in [6, 6.07) is 9.50. The minimum atomic E-state index is -4.48. The molecule has 2 amide bonds. The number of carbonyl (C=O) groups excluding carboxylic acids is 2. The highest BCUT2D eigenvalue weighted by atomic mass is 19.4. The van der Waals surface area contributed by atoms with Gasteiger partial charge in [0.25, 0.3) is 11.8 Å². The summed E-state index contributed by atoms with van der Waals surface area (Å²) in [5.41, 5.74) is -0.410. The molecule has 0 atom stereocenters. The molecule has 2 heterocycles. The third kappa shape index (κ3) is 7.02. The van der Waals surface area contributed by atoms with Gasteiger partial charge in [-0.05, 0) is 56.2 Å². The van der Waals surface area contributed by atoms with E-state index in [9.17, 15) is 32.4 Å². The zero-order valence-corrected chi connectivity index (χ0v) is 22.0. The highest BCUT2D eigenvalue weighted by molar-refractivity contribution is 6.10. The maximum absolute atomic E-state index is 13.2. The maximum atomic E-state index is 13.2. The Kier molecular flexibility index (Phi) is 8.63. The molecule has 0 saturated heterocycles. The summed E-state index contributed by atoms with van der Waals surface area (Å²) in [6.07, 6.45) is -3.92. The predicted molar refractivity (Wildman–Crippen MR) is 143 cm³/mol. The van der Waals surface area contributed by atoms with Crippen LogP contribution in [-0.4, -0.2) is 35.6 Å². The minimum Gasteiger partial charge on any atom is -0.437 e. The van der Waals surface area contributed by atoms with E-state index in [2.05, 4.69) is 28.8 Å². The second-order valence-corrected chi connectivity index (χ2v) is 9.41. The Hall–Kier alpha value is -4.72. The standard InChI is InChI=1S/C29H26F4N4O3/c1-16(9-10-17(2)30)24-23(26(39)35-5)21-14-20(22(36-27(21)40-24)11-12-29(31,32)33)18-7-6-8-19(13-18)25(38)37-28(3,4)15-34/h6-10,13-14H,1-2,11-12H2,3-5H3,(H,35,39)(H,37,38)/b10-9-. The molecule has 2 N–H and O–H groups in total. The molecule has 3 rings (SSSR count). The van der Waals surface area contributed by atoms with Crippen LogP contribution < -0.4 is 10.6 Å². The molecule has 208 valence electrons. The number of hydrogen-bond acceptors (Lipinski definition) is 5. The highest BCUT2D eigenvalue weighted by Gasteiger charge is 2.29. The lowest BCUT2D eigenvalue weighted by Gasteiger charge is -2.18. The Labute approximate surface area is 227 Å². The SMILES string of the molecule is C=C(F)/C=C\C(=C)c1oc2nc(CCC(F)(F)F)c(-c3cccc(C(=O)NC(C)(C)C#N)c3)cc2c1C(=O)NC. The van der Waals surface area contributed by atoms with E-state index in [1.165, 1.54) is 51.2 Å². The van der Waals surface area contributed by atoms with Gasteiger partial charge in [-0.15, -0.1) is 0 Å². The number of fused-ring (bicyclic) bond motifs is 1. The molecule has 0 spiro atoms. The van der Waals surface area contributed by atoms with E-state index in [1.807, 2.05) is 6.07 Å². The van der Waals surface area contributed by atoms with Gasteiger partial charge < -0.3 is 15.1 Å². The summed E-state index contributed by atoms with van der Waals surface area (Å²) in [5.74, 6) is -1.97. The molecule has 0 aliphatic carbocycles. The second kappa shape index (κ2) is 11.6. The van der Waals surface area contributed by atoms with E-state index < -0.39 is 42.2 Å². The van der Waals surface area contributed by atoms with Crippen molar-refractivity contribution in [3.63, 3.8) is 0 Å². The zero-order valence-electron chi connectivity index (χ0n) is 22.0. The smallest absolute Gasteiger partial charge is 0.389 e. The van der Waals surface area contributed by atoms with Gasteiger partial charge in [0.2, 0.25) is 5.71 Å². The van der Waals surface area contributed by atoms with Gasteiger partial charge in [0.1, 0.15) is 17.1 Å². The van der Waals surface area contributed by atoms with Crippen molar-refractivity contribution < 1.29 is 31.6 Å². The third-order valence-corrected chi connectivity index (χ3v) is 5.76. The van der Waals surface area contributed by atoms with Gasteiger partial charge in [0, 0.05) is 30.2 Å². The van der Waals surface area contributed by atoms with Gasteiger partial charge in [-0.2, -0.15) is 18.4 Å². The first-order chi connectivity index (χ1) is 18.7. The summed E-state index contributed by atoms with van der Waals surface area (Å²) in [7, 11) is 1.38. The second-order valence-electron chi connectivity index (χ2n) is 9.41. The number of alkyl halides is 3. The molecule has 0 saturated carbocycles. The van der Waals surface area contributed by atoms with Gasteiger partial charge in [-0.25, -0.2) is 9.37 Å². The van der Waals surface area contributed by atoms with E-state index >= 15 is 0 Å². The number of nitrogens with one attached hydrogen (secondary N) is 2. The fraction of sp³-hybridized carbons (Fsp3) is 0.241. The fourth-order valence-electron chi connectivity index (χ4n) is 3.82. The van der Waals surface area contributed by atoms with Crippen LogP contribution in [-0.2, 0) is 6.42 Å². The number of rotatable bonds is 9. The van der Waals surface area contributed by atoms with Gasteiger partial charge >= 0.3 is 6.18 Å². The number of hydrogen-bond donors (Lipinski definition) is 2. The van der Waals surface area contributed by atoms with Crippen LogP contribution in [0.1, 0.15) is 52.4 Å². The van der Waals surface area contributed by atoms with Crippen LogP contribution in [0.15, 0.2) is 65.9 Å². The quantitative estimate of drug-likeness (QED) is 0.234. The first kappa shape index (κ1) is 29.8. The lowest BCUT2D eigenvalue weighted by molar-refractivity contribution is -0.134. The summed E-state index contributed by atoms with van der Waals surface area (Å²) < 4.78 is 58.5. The van der Waals surface area contributed by atoms with Crippen molar-refractivity contribution in [1.29, 1.82) is 5.26 Å². The molecule has 0 unspecified atom stereocenters. The Morgan fingerprint density at radius 2 is 1.85 bits per heavy atom. The van der Waals surface area contributed by atoms with Gasteiger partial charge in [0.15, 0.2) is 0 Å². The van der Waals surface area contributed by atoms with Crippen molar-refractivity contribution in [3.05, 3.63) is 84.0 Å². The lowest BCUT2D eigenvalue weighted by Crippen LogP contribution is -2.42. The topological polar surface area (TPSA) is 108 Å².